The summed E-state index contributed by atoms with van der Waals surface area (Å²) < 4.78 is 10.5. The van der Waals surface area contributed by atoms with Gasteiger partial charge in [-0.25, -0.2) is 0 Å². The van der Waals surface area contributed by atoms with Crippen molar-refractivity contribution in [2.24, 2.45) is 0 Å². The molecule has 10 N–H and O–H groups in total. The second-order valence-corrected chi connectivity index (χ2v) is 11.1. The van der Waals surface area contributed by atoms with E-state index in [2.05, 4.69) is 10.6 Å². The number of hydrogen-bond donors (Lipinski definition) is 10. The predicted molar refractivity (Wildman–Crippen MR) is 167 cm³/mol. The lowest BCUT2D eigenvalue weighted by Crippen LogP contribution is -2.39. The van der Waals surface area contributed by atoms with Crippen LogP contribution in [0.15, 0.2) is 22.7 Å². The van der Waals surface area contributed by atoms with E-state index < -0.39 is 42.3 Å². The largest absolute Gasteiger partial charge is 0.509 e. The summed E-state index contributed by atoms with van der Waals surface area (Å²) in [4.78, 5) is 36.4. The van der Waals surface area contributed by atoms with E-state index in [1.807, 2.05) is 0 Å². The quantitative estimate of drug-likeness (QED) is 0.0327. The SMILES string of the molecule is CC(=O)[C@@H](CCCCNC(=O)CCCCOC(O)/C(C)=C(/O)C(O)CCO)NC(=O)CCCCOC(O)/C(C)=C(/O)C(O)CCO. The zero-order chi connectivity index (χ0) is 35.1. The van der Waals surface area contributed by atoms with E-state index in [1.165, 1.54) is 20.8 Å². The van der Waals surface area contributed by atoms with Crippen molar-refractivity contribution >= 4 is 17.6 Å². The number of hydrogen-bond acceptors (Lipinski definition) is 13. The van der Waals surface area contributed by atoms with Gasteiger partial charge in [0.15, 0.2) is 18.4 Å². The van der Waals surface area contributed by atoms with Crippen LogP contribution >= 0.6 is 0 Å². The zero-order valence-corrected chi connectivity index (χ0v) is 27.3. The average Bonchev–Trinajstić information content (AvgIpc) is 3.01. The fraction of sp³-hybridized carbons (Fsp3) is 0.774. The molecule has 0 fully saturated rings. The number of unbranched alkanes of at least 4 members (excludes halogenated alkanes) is 3. The fourth-order valence-corrected chi connectivity index (χ4v) is 4.15. The van der Waals surface area contributed by atoms with Gasteiger partial charge in [-0.3, -0.25) is 14.4 Å². The lowest BCUT2D eigenvalue weighted by Gasteiger charge is -2.17. The number of amides is 2. The standard InChI is InChI=1S/C31H56N2O13/c1-20(28(41)24(37)13-16-34)30(43)45-18-8-5-11-26(39)32-15-7-4-10-23(22(3)36)33-27(40)12-6-9-19-46-31(44)21(2)29(42)25(38)14-17-35/h23-25,30-31,34-35,37-38,41-44H,4-19H2,1-3H3,(H,32,39)(H,33,40)/b28-20+,29-21+/t23-,24?,25?,30?,31?/m1/s1. The highest BCUT2D eigenvalue weighted by atomic mass is 16.6. The third-order valence-electron chi connectivity index (χ3n) is 7.20. The van der Waals surface area contributed by atoms with Gasteiger partial charge in [-0.2, -0.15) is 0 Å². The third kappa shape index (κ3) is 19.1. The Morgan fingerprint density at radius 1 is 0.630 bits per heavy atom. The molecule has 0 aliphatic rings. The first kappa shape index (κ1) is 43.4. The summed E-state index contributed by atoms with van der Waals surface area (Å²) in [5.74, 6) is -1.54. The van der Waals surface area contributed by atoms with Gasteiger partial charge in [0, 0.05) is 56.6 Å². The molecule has 5 atom stereocenters. The van der Waals surface area contributed by atoms with Crippen LogP contribution in [-0.4, -0.2) is 122 Å². The number of aliphatic hydroxyl groups is 8. The van der Waals surface area contributed by atoms with Crippen LogP contribution in [0.3, 0.4) is 0 Å². The topological polar surface area (TPSA) is 256 Å². The molecule has 0 aromatic heterocycles. The van der Waals surface area contributed by atoms with Crippen LogP contribution in [0.25, 0.3) is 0 Å². The molecule has 0 aliphatic carbocycles. The Balaban J connectivity index is 4.16. The highest BCUT2D eigenvalue weighted by Gasteiger charge is 2.20. The number of rotatable bonds is 27. The maximum absolute atomic E-state index is 12.3. The van der Waals surface area contributed by atoms with E-state index in [1.54, 1.807) is 0 Å². The van der Waals surface area contributed by atoms with E-state index in [9.17, 15) is 45.0 Å². The highest BCUT2D eigenvalue weighted by molar-refractivity contribution is 5.87. The third-order valence-corrected chi connectivity index (χ3v) is 7.20. The van der Waals surface area contributed by atoms with Crippen LogP contribution in [-0.2, 0) is 23.9 Å². The molecule has 46 heavy (non-hydrogen) atoms. The van der Waals surface area contributed by atoms with Crippen molar-refractivity contribution < 1.29 is 64.7 Å². The molecular weight excluding hydrogens is 608 g/mol. The number of carbonyl (C=O) groups excluding carboxylic acids is 3. The molecule has 0 aromatic carbocycles. The summed E-state index contributed by atoms with van der Waals surface area (Å²) in [5, 5.41) is 82.2. The first-order chi connectivity index (χ1) is 21.8. The van der Waals surface area contributed by atoms with Gasteiger partial charge in [0.2, 0.25) is 11.8 Å². The summed E-state index contributed by atoms with van der Waals surface area (Å²) in [6.07, 6.45) is -1.74. The van der Waals surface area contributed by atoms with E-state index in [0.29, 0.717) is 51.5 Å². The minimum absolute atomic E-state index is 0.0300. The Bertz CT molecular complexity index is 957. The molecule has 0 heterocycles. The van der Waals surface area contributed by atoms with Gasteiger partial charge in [-0.1, -0.05) is 0 Å². The molecule has 0 aromatic rings. The van der Waals surface area contributed by atoms with Gasteiger partial charge in [-0.05, 0) is 65.7 Å². The molecule has 0 rings (SSSR count). The average molecular weight is 665 g/mol. The number of aliphatic hydroxyl groups excluding tert-OH is 8. The van der Waals surface area contributed by atoms with Gasteiger partial charge < -0.3 is 61.0 Å². The Morgan fingerprint density at radius 2 is 1.09 bits per heavy atom. The zero-order valence-electron chi connectivity index (χ0n) is 27.3. The van der Waals surface area contributed by atoms with Crippen molar-refractivity contribution in [2.45, 2.75) is 122 Å². The van der Waals surface area contributed by atoms with Gasteiger partial charge >= 0.3 is 0 Å². The number of nitrogens with one attached hydrogen (secondary N) is 2. The molecular formula is C31H56N2O13. The molecule has 0 saturated carbocycles. The predicted octanol–water partition coefficient (Wildman–Crippen LogP) is 0.508. The number of carbonyl (C=O) groups is 3. The van der Waals surface area contributed by atoms with Crippen LogP contribution < -0.4 is 10.6 Å². The minimum atomic E-state index is -1.44. The molecule has 0 aliphatic heterocycles. The van der Waals surface area contributed by atoms with Gasteiger partial charge in [0.05, 0.1) is 19.3 Å². The van der Waals surface area contributed by atoms with Crippen molar-refractivity contribution in [1.29, 1.82) is 0 Å². The van der Waals surface area contributed by atoms with E-state index in [-0.39, 0.29) is 80.9 Å². The smallest absolute Gasteiger partial charge is 0.220 e. The van der Waals surface area contributed by atoms with Crippen molar-refractivity contribution in [3.8, 4) is 0 Å². The van der Waals surface area contributed by atoms with Crippen molar-refractivity contribution in [3.63, 3.8) is 0 Å². The Morgan fingerprint density at radius 3 is 1.52 bits per heavy atom. The van der Waals surface area contributed by atoms with E-state index in [4.69, 9.17) is 19.7 Å². The maximum atomic E-state index is 12.3. The number of ketones is 1. The minimum Gasteiger partial charge on any atom is -0.509 e. The lowest BCUT2D eigenvalue weighted by molar-refractivity contribution is -0.127. The van der Waals surface area contributed by atoms with Crippen LogP contribution in [0.4, 0.5) is 0 Å². The molecule has 2 amide bonds. The Hall–Kier alpha value is -2.63. The van der Waals surface area contributed by atoms with Crippen LogP contribution in [0, 0.1) is 0 Å². The number of Topliss-reactive ketones (excluding diaryl/α,β-unsaturated/α-hetero) is 1. The molecule has 4 unspecified atom stereocenters. The van der Waals surface area contributed by atoms with Crippen LogP contribution in [0.2, 0.25) is 0 Å². The first-order valence-electron chi connectivity index (χ1n) is 15.8. The summed E-state index contributed by atoms with van der Waals surface area (Å²) in [6.45, 7) is 4.17. The van der Waals surface area contributed by atoms with Crippen molar-refractivity contribution in [2.75, 3.05) is 33.0 Å². The second kappa shape index (κ2) is 25.5. The maximum Gasteiger partial charge on any atom is 0.220 e. The summed E-state index contributed by atoms with van der Waals surface area (Å²) in [6, 6.07) is -0.643. The van der Waals surface area contributed by atoms with Crippen LogP contribution in [0.5, 0.6) is 0 Å². The molecule has 0 radical (unpaired) electrons. The van der Waals surface area contributed by atoms with Crippen LogP contribution in [0.1, 0.15) is 91.4 Å². The van der Waals surface area contributed by atoms with Crippen molar-refractivity contribution in [3.05, 3.63) is 22.7 Å². The molecule has 0 bridgehead atoms. The molecule has 15 nitrogen and oxygen atoms in total. The molecule has 15 heteroatoms. The fourth-order valence-electron chi connectivity index (χ4n) is 4.15. The van der Waals surface area contributed by atoms with Crippen molar-refractivity contribution in [1.82, 2.24) is 10.6 Å². The highest BCUT2D eigenvalue weighted by Crippen LogP contribution is 2.15. The monoisotopic (exact) mass is 664 g/mol. The first-order valence-corrected chi connectivity index (χ1v) is 15.8. The van der Waals surface area contributed by atoms with E-state index >= 15 is 0 Å². The summed E-state index contributed by atoms with van der Waals surface area (Å²) in [5.41, 5.74) is 0.0763. The normalized spacial score (nSPS) is 16.0. The number of ether oxygens (including phenoxy) is 2. The van der Waals surface area contributed by atoms with Gasteiger partial charge in [0.1, 0.15) is 23.7 Å². The summed E-state index contributed by atoms with van der Waals surface area (Å²) >= 11 is 0. The summed E-state index contributed by atoms with van der Waals surface area (Å²) in [7, 11) is 0. The van der Waals surface area contributed by atoms with Gasteiger partial charge in [-0.15, -0.1) is 0 Å². The Labute approximate surface area is 270 Å². The van der Waals surface area contributed by atoms with Gasteiger partial charge in [0.25, 0.3) is 0 Å². The second-order valence-electron chi connectivity index (χ2n) is 11.1. The Kier molecular flexibility index (Phi) is 24.0. The van der Waals surface area contributed by atoms with E-state index in [0.717, 1.165) is 0 Å². The molecule has 268 valence electrons. The molecule has 0 spiro atoms. The molecule has 0 saturated heterocycles. The lowest BCUT2D eigenvalue weighted by atomic mass is 10.1.